The topological polar surface area (TPSA) is 21.1 Å². The third-order valence-electron chi connectivity index (χ3n) is 2.32. The second kappa shape index (κ2) is 5.39. The van der Waals surface area contributed by atoms with Crippen molar-refractivity contribution >= 4 is 15.9 Å². The Bertz CT molecular complexity index is 387. The third-order valence-corrected chi connectivity index (χ3v) is 3.35. The predicted octanol–water partition coefficient (Wildman–Crippen LogP) is 2.97. The van der Waals surface area contributed by atoms with Crippen LogP contribution in [0.15, 0.2) is 4.47 Å². The molecule has 1 aromatic rings. The second-order valence-corrected chi connectivity index (χ2v) is 4.74. The van der Waals surface area contributed by atoms with Crippen LogP contribution in [0.4, 0.5) is 13.2 Å². The van der Waals surface area contributed by atoms with Crippen LogP contribution in [0.3, 0.4) is 0 Å². The minimum Gasteiger partial charge on any atom is -0.292 e. The summed E-state index contributed by atoms with van der Waals surface area (Å²) in [6.45, 7) is 3.67. The average Bonchev–Trinajstić information content (AvgIpc) is 2.42. The Hall–Kier alpha value is -0.560. The van der Waals surface area contributed by atoms with Crippen LogP contribution >= 0.6 is 15.9 Å². The van der Waals surface area contributed by atoms with Crippen molar-refractivity contribution in [2.24, 2.45) is 0 Å². The number of nitrogens with zero attached hydrogens (tertiary/aromatic N) is 3. The molecule has 1 rings (SSSR count). The Morgan fingerprint density at radius 1 is 1.41 bits per heavy atom. The first-order chi connectivity index (χ1) is 7.74. The molecule has 0 saturated carbocycles. The van der Waals surface area contributed by atoms with Gasteiger partial charge in [0.2, 0.25) is 0 Å². The maximum Gasteiger partial charge on any atom is 0.401 e. The van der Waals surface area contributed by atoms with E-state index in [0.29, 0.717) is 6.54 Å². The van der Waals surface area contributed by atoms with E-state index in [2.05, 4.69) is 21.0 Å². The van der Waals surface area contributed by atoms with Gasteiger partial charge < -0.3 is 0 Å². The summed E-state index contributed by atoms with van der Waals surface area (Å²) in [6.07, 6.45) is -4.17. The maximum atomic E-state index is 12.2. The fourth-order valence-electron chi connectivity index (χ4n) is 1.64. The molecule has 17 heavy (non-hydrogen) atoms. The van der Waals surface area contributed by atoms with Crippen molar-refractivity contribution in [3.05, 3.63) is 15.9 Å². The first-order valence-corrected chi connectivity index (χ1v) is 6.01. The van der Waals surface area contributed by atoms with E-state index in [1.165, 1.54) is 11.9 Å². The van der Waals surface area contributed by atoms with Crippen molar-refractivity contribution in [2.75, 3.05) is 13.6 Å². The Balaban J connectivity index is 2.80. The van der Waals surface area contributed by atoms with Gasteiger partial charge in [-0.1, -0.05) is 0 Å². The van der Waals surface area contributed by atoms with Crippen LogP contribution < -0.4 is 0 Å². The highest BCUT2D eigenvalue weighted by molar-refractivity contribution is 9.10. The molecule has 0 unspecified atom stereocenters. The molecule has 0 aliphatic rings. The van der Waals surface area contributed by atoms with Crippen molar-refractivity contribution in [3.8, 4) is 0 Å². The molecule has 7 heteroatoms. The van der Waals surface area contributed by atoms with Gasteiger partial charge in [0.25, 0.3) is 0 Å². The zero-order valence-corrected chi connectivity index (χ0v) is 11.6. The second-order valence-electron chi connectivity index (χ2n) is 3.95. The minimum absolute atomic E-state index is 0.217. The lowest BCUT2D eigenvalue weighted by atomic mass is 10.3. The summed E-state index contributed by atoms with van der Waals surface area (Å²) < 4.78 is 39.2. The van der Waals surface area contributed by atoms with Crippen molar-refractivity contribution < 1.29 is 13.2 Å². The van der Waals surface area contributed by atoms with Gasteiger partial charge >= 0.3 is 6.18 Å². The molecule has 0 bridgehead atoms. The molecule has 0 spiro atoms. The molecule has 98 valence electrons. The van der Waals surface area contributed by atoms with Crippen LogP contribution in [-0.4, -0.2) is 34.4 Å². The molecular weight excluding hydrogens is 299 g/mol. The highest BCUT2D eigenvalue weighted by Gasteiger charge is 2.29. The molecule has 0 aromatic carbocycles. The molecule has 0 atom stereocenters. The normalized spacial score (nSPS) is 12.5. The lowest BCUT2D eigenvalue weighted by molar-refractivity contribution is -0.144. The molecule has 3 nitrogen and oxygen atoms in total. The smallest absolute Gasteiger partial charge is 0.292 e. The van der Waals surface area contributed by atoms with Gasteiger partial charge in [0, 0.05) is 13.1 Å². The van der Waals surface area contributed by atoms with Gasteiger partial charge in [0.15, 0.2) is 0 Å². The summed E-state index contributed by atoms with van der Waals surface area (Å²) in [5.74, 6) is 0. The van der Waals surface area contributed by atoms with Gasteiger partial charge in [0.1, 0.15) is 0 Å². The molecule has 0 saturated heterocycles. The van der Waals surface area contributed by atoms with Gasteiger partial charge in [-0.3, -0.25) is 9.58 Å². The van der Waals surface area contributed by atoms with Crippen LogP contribution in [0.1, 0.15) is 18.3 Å². The van der Waals surface area contributed by atoms with E-state index in [1.54, 1.807) is 4.68 Å². The van der Waals surface area contributed by atoms with E-state index in [9.17, 15) is 13.2 Å². The van der Waals surface area contributed by atoms with Crippen LogP contribution in [0, 0.1) is 6.92 Å². The maximum absolute atomic E-state index is 12.2. The minimum atomic E-state index is -4.17. The Morgan fingerprint density at radius 3 is 2.47 bits per heavy atom. The molecule has 0 aliphatic heterocycles. The summed E-state index contributed by atoms with van der Waals surface area (Å²) in [4.78, 5) is 1.23. The van der Waals surface area contributed by atoms with E-state index in [0.717, 1.165) is 15.9 Å². The molecule has 0 fully saturated rings. The Kier molecular flexibility index (Phi) is 4.60. The van der Waals surface area contributed by atoms with Gasteiger partial charge in [0.05, 0.1) is 22.4 Å². The van der Waals surface area contributed by atoms with E-state index in [-0.39, 0.29) is 6.54 Å². The highest BCUT2D eigenvalue weighted by Crippen LogP contribution is 2.23. The summed E-state index contributed by atoms with van der Waals surface area (Å²) in [5, 5.41) is 4.24. The van der Waals surface area contributed by atoms with Gasteiger partial charge in [-0.25, -0.2) is 0 Å². The molecule has 0 N–H and O–H groups in total. The van der Waals surface area contributed by atoms with Crippen LogP contribution in [0.25, 0.3) is 0 Å². The standard InChI is InChI=1S/C10H15BrF3N3/c1-4-17-8(9(11)7(2)15-17)5-16(3)6-10(12,13)14/h4-6H2,1-3H3. The predicted molar refractivity (Wildman–Crippen MR) is 62.7 cm³/mol. The van der Waals surface area contributed by atoms with Crippen molar-refractivity contribution in [3.63, 3.8) is 0 Å². The van der Waals surface area contributed by atoms with Crippen molar-refractivity contribution in [1.29, 1.82) is 0 Å². The number of rotatable bonds is 4. The van der Waals surface area contributed by atoms with E-state index >= 15 is 0 Å². The number of halogens is 4. The average molecular weight is 314 g/mol. The Morgan fingerprint density at radius 2 is 2.00 bits per heavy atom. The fraction of sp³-hybridized carbons (Fsp3) is 0.700. The quantitative estimate of drug-likeness (QED) is 0.852. The van der Waals surface area contributed by atoms with Gasteiger partial charge in [-0.2, -0.15) is 18.3 Å². The van der Waals surface area contributed by atoms with Crippen LogP contribution in [0.5, 0.6) is 0 Å². The van der Waals surface area contributed by atoms with E-state index in [4.69, 9.17) is 0 Å². The summed E-state index contributed by atoms with van der Waals surface area (Å²) in [5.41, 5.74) is 1.57. The number of alkyl halides is 3. The highest BCUT2D eigenvalue weighted by atomic mass is 79.9. The molecular formula is C10H15BrF3N3. The largest absolute Gasteiger partial charge is 0.401 e. The van der Waals surface area contributed by atoms with Gasteiger partial charge in [-0.15, -0.1) is 0 Å². The number of hydrogen-bond acceptors (Lipinski definition) is 2. The Labute approximate surface area is 107 Å². The van der Waals surface area contributed by atoms with Crippen molar-refractivity contribution in [2.45, 2.75) is 33.1 Å². The molecule has 0 radical (unpaired) electrons. The number of aromatic nitrogens is 2. The lowest BCUT2D eigenvalue weighted by Gasteiger charge is -2.19. The fourth-order valence-corrected chi connectivity index (χ4v) is 2.05. The lowest BCUT2D eigenvalue weighted by Crippen LogP contribution is -2.31. The first-order valence-electron chi connectivity index (χ1n) is 5.21. The van der Waals surface area contributed by atoms with Crippen molar-refractivity contribution in [1.82, 2.24) is 14.7 Å². The number of aryl methyl sites for hydroxylation is 2. The van der Waals surface area contributed by atoms with E-state index in [1.807, 2.05) is 13.8 Å². The summed E-state index contributed by atoms with van der Waals surface area (Å²) in [6, 6.07) is 0. The third kappa shape index (κ3) is 3.99. The first kappa shape index (κ1) is 14.5. The van der Waals surface area contributed by atoms with Crippen LogP contribution in [0.2, 0.25) is 0 Å². The number of hydrogen-bond donors (Lipinski definition) is 0. The molecule has 1 heterocycles. The molecule has 0 aliphatic carbocycles. The molecule has 1 aromatic heterocycles. The van der Waals surface area contributed by atoms with Gasteiger partial charge in [-0.05, 0) is 36.8 Å². The summed E-state index contributed by atoms with van der Waals surface area (Å²) >= 11 is 3.36. The summed E-state index contributed by atoms with van der Waals surface area (Å²) in [7, 11) is 1.45. The van der Waals surface area contributed by atoms with Crippen LogP contribution in [-0.2, 0) is 13.1 Å². The van der Waals surface area contributed by atoms with E-state index < -0.39 is 12.7 Å². The molecule has 0 amide bonds. The SMILES string of the molecule is CCn1nc(C)c(Br)c1CN(C)CC(F)(F)F. The zero-order valence-electron chi connectivity index (χ0n) is 9.97. The monoisotopic (exact) mass is 313 g/mol. The zero-order chi connectivity index (χ0) is 13.2.